The summed E-state index contributed by atoms with van der Waals surface area (Å²) in [4.78, 5) is 8.94. The number of thioether (sulfide) groups is 1. The molecule has 2 N–H and O–H groups in total. The summed E-state index contributed by atoms with van der Waals surface area (Å²) in [5, 5.41) is 14.1. The normalized spacial score (nSPS) is 11.2. The number of ether oxygens (including phenoxy) is 1. The Morgan fingerprint density at radius 2 is 1.96 bits per heavy atom. The van der Waals surface area contributed by atoms with Crippen LogP contribution in [0.4, 0.5) is 5.82 Å². The Kier molecular flexibility index (Phi) is 4.82. The van der Waals surface area contributed by atoms with E-state index < -0.39 is 0 Å². The molecule has 3 rings (SSSR count). The van der Waals surface area contributed by atoms with Crippen LogP contribution in [0.15, 0.2) is 23.4 Å². The third-order valence-electron chi connectivity index (χ3n) is 3.87. The van der Waals surface area contributed by atoms with E-state index in [1.54, 1.807) is 17.8 Å². The van der Waals surface area contributed by atoms with Gasteiger partial charge in [-0.1, -0.05) is 11.8 Å². The van der Waals surface area contributed by atoms with Crippen LogP contribution in [0.5, 0.6) is 11.6 Å². The van der Waals surface area contributed by atoms with Gasteiger partial charge in [0.15, 0.2) is 16.6 Å². The van der Waals surface area contributed by atoms with Crippen LogP contribution >= 0.6 is 11.8 Å². The number of aromatic nitrogens is 4. The van der Waals surface area contributed by atoms with Crippen LogP contribution < -0.4 is 10.5 Å². The van der Waals surface area contributed by atoms with Gasteiger partial charge in [-0.05, 0) is 55.0 Å². The minimum atomic E-state index is 0.328. The summed E-state index contributed by atoms with van der Waals surface area (Å²) in [5.74, 6) is 1.42. The number of hydrogen-bond donors (Lipinski definition) is 1. The Balaban J connectivity index is 2.12. The van der Waals surface area contributed by atoms with Crippen molar-refractivity contribution < 1.29 is 4.74 Å². The highest BCUT2D eigenvalue weighted by Crippen LogP contribution is 2.35. The van der Waals surface area contributed by atoms with Crippen LogP contribution in [0.1, 0.15) is 16.7 Å². The fraction of sp³-hybridized carbons (Fsp3) is 0.222. The SMILES string of the molecule is CSc1nc(Oc2c(C)cc(/C=C/C#N)cc2C)c2c(N)nn(C)c2n1. The van der Waals surface area contributed by atoms with E-state index in [0.717, 1.165) is 16.7 Å². The summed E-state index contributed by atoms with van der Waals surface area (Å²) >= 11 is 1.42. The number of nitrogen functional groups attached to an aromatic ring is 1. The summed E-state index contributed by atoms with van der Waals surface area (Å²) in [6, 6.07) is 5.91. The van der Waals surface area contributed by atoms with Crippen molar-refractivity contribution in [3.05, 3.63) is 34.9 Å². The lowest BCUT2D eigenvalue weighted by Gasteiger charge is -2.13. The van der Waals surface area contributed by atoms with Gasteiger partial charge in [-0.15, -0.1) is 0 Å². The van der Waals surface area contributed by atoms with Crippen molar-refractivity contribution >= 4 is 34.7 Å². The summed E-state index contributed by atoms with van der Waals surface area (Å²) in [6.07, 6.45) is 5.11. The third kappa shape index (κ3) is 3.21. The van der Waals surface area contributed by atoms with Gasteiger partial charge >= 0.3 is 0 Å². The topological polar surface area (TPSA) is 103 Å². The average molecular weight is 366 g/mol. The van der Waals surface area contributed by atoms with E-state index in [-0.39, 0.29) is 0 Å². The van der Waals surface area contributed by atoms with Crippen molar-refractivity contribution in [2.45, 2.75) is 19.0 Å². The monoisotopic (exact) mass is 366 g/mol. The predicted octanol–water partition coefficient (Wildman–Crippen LogP) is 3.61. The predicted molar refractivity (Wildman–Crippen MR) is 103 cm³/mol. The van der Waals surface area contributed by atoms with Crippen LogP contribution in [0.25, 0.3) is 17.1 Å². The summed E-state index contributed by atoms with van der Waals surface area (Å²) in [7, 11) is 1.78. The van der Waals surface area contributed by atoms with Crippen LogP contribution in [0.3, 0.4) is 0 Å². The number of allylic oxidation sites excluding steroid dienone is 1. The number of aryl methyl sites for hydroxylation is 3. The number of hydrogen-bond acceptors (Lipinski definition) is 7. The second-order valence-electron chi connectivity index (χ2n) is 5.77. The zero-order valence-electron chi connectivity index (χ0n) is 14.9. The van der Waals surface area contributed by atoms with Crippen LogP contribution in [-0.2, 0) is 7.05 Å². The number of rotatable bonds is 4. The number of nitrogens with two attached hydrogens (primary N) is 1. The Hall–Kier alpha value is -3.05. The van der Waals surface area contributed by atoms with E-state index in [4.69, 9.17) is 15.7 Å². The molecule has 0 saturated heterocycles. The maximum atomic E-state index is 8.70. The molecule has 7 nitrogen and oxygen atoms in total. The van der Waals surface area contributed by atoms with Gasteiger partial charge in [0.05, 0.1) is 6.07 Å². The largest absolute Gasteiger partial charge is 0.437 e. The van der Waals surface area contributed by atoms with Crippen molar-refractivity contribution in [2.75, 3.05) is 12.0 Å². The van der Waals surface area contributed by atoms with E-state index in [1.165, 1.54) is 17.8 Å². The Morgan fingerprint density at radius 1 is 1.27 bits per heavy atom. The summed E-state index contributed by atoms with van der Waals surface area (Å²) in [5.41, 5.74) is 9.47. The van der Waals surface area contributed by atoms with Crippen molar-refractivity contribution in [1.82, 2.24) is 19.7 Å². The number of anilines is 1. The zero-order chi connectivity index (χ0) is 18.8. The van der Waals surface area contributed by atoms with Gasteiger partial charge in [0.25, 0.3) is 0 Å². The molecule has 3 aromatic rings. The number of nitriles is 1. The molecule has 2 aromatic heterocycles. The smallest absolute Gasteiger partial charge is 0.236 e. The first kappa shape index (κ1) is 17.8. The minimum Gasteiger partial charge on any atom is -0.437 e. The van der Waals surface area contributed by atoms with Gasteiger partial charge in [0, 0.05) is 13.1 Å². The van der Waals surface area contributed by atoms with Gasteiger partial charge in [-0.2, -0.15) is 15.3 Å². The maximum absolute atomic E-state index is 8.70. The molecule has 0 unspecified atom stereocenters. The fourth-order valence-corrected chi connectivity index (χ4v) is 3.12. The standard InChI is InChI=1S/C18H18N6OS/c1-10-8-12(6-5-7-19)9-11(2)14(10)25-17-13-15(20)23-24(3)16(13)21-18(22-17)26-4/h5-6,8-9H,1-4H3,(H2,20,23)/b6-5+. The third-order valence-corrected chi connectivity index (χ3v) is 4.42. The second-order valence-corrected chi connectivity index (χ2v) is 6.54. The van der Waals surface area contributed by atoms with E-state index in [0.29, 0.717) is 33.6 Å². The van der Waals surface area contributed by atoms with Crippen LogP contribution in [0.2, 0.25) is 0 Å². The molecule has 0 amide bonds. The first-order valence-electron chi connectivity index (χ1n) is 7.84. The molecule has 0 saturated carbocycles. The number of nitrogens with zero attached hydrogens (tertiary/aromatic N) is 5. The molecule has 0 aliphatic heterocycles. The molecule has 0 atom stereocenters. The molecule has 8 heteroatoms. The van der Waals surface area contributed by atoms with Crippen LogP contribution in [-0.4, -0.2) is 26.0 Å². The van der Waals surface area contributed by atoms with Crippen molar-refractivity contribution in [3.63, 3.8) is 0 Å². The first-order chi connectivity index (χ1) is 12.4. The lowest BCUT2D eigenvalue weighted by molar-refractivity contribution is 0.456. The molecule has 132 valence electrons. The molecule has 0 spiro atoms. The maximum Gasteiger partial charge on any atom is 0.236 e. The van der Waals surface area contributed by atoms with E-state index >= 15 is 0 Å². The van der Waals surface area contributed by atoms with E-state index in [1.807, 2.05) is 38.3 Å². The highest BCUT2D eigenvalue weighted by Gasteiger charge is 2.19. The van der Waals surface area contributed by atoms with Gasteiger partial charge in [-0.25, -0.2) is 9.67 Å². The lowest BCUT2D eigenvalue weighted by atomic mass is 10.1. The second kappa shape index (κ2) is 7.06. The fourth-order valence-electron chi connectivity index (χ4n) is 2.76. The quantitative estimate of drug-likeness (QED) is 0.427. The Bertz CT molecular complexity index is 1040. The average Bonchev–Trinajstić information content (AvgIpc) is 2.90. The summed E-state index contributed by atoms with van der Waals surface area (Å²) in [6.45, 7) is 3.90. The highest BCUT2D eigenvalue weighted by molar-refractivity contribution is 7.98. The van der Waals surface area contributed by atoms with Crippen molar-refractivity contribution in [3.8, 4) is 17.7 Å². The molecule has 0 aliphatic rings. The van der Waals surface area contributed by atoms with Crippen molar-refractivity contribution in [2.24, 2.45) is 7.05 Å². The van der Waals surface area contributed by atoms with E-state index in [9.17, 15) is 0 Å². The first-order valence-corrected chi connectivity index (χ1v) is 9.06. The molecular weight excluding hydrogens is 348 g/mol. The highest BCUT2D eigenvalue weighted by atomic mass is 32.2. The lowest BCUT2D eigenvalue weighted by Crippen LogP contribution is -1.99. The number of fused-ring (bicyclic) bond motifs is 1. The molecule has 0 radical (unpaired) electrons. The van der Waals surface area contributed by atoms with Gasteiger partial charge in [-0.3, -0.25) is 0 Å². The molecule has 2 heterocycles. The molecule has 0 aliphatic carbocycles. The van der Waals surface area contributed by atoms with Gasteiger partial charge < -0.3 is 10.5 Å². The van der Waals surface area contributed by atoms with Gasteiger partial charge in [0.1, 0.15) is 11.1 Å². The Morgan fingerprint density at radius 3 is 2.58 bits per heavy atom. The molecular formula is C18H18N6OS. The molecule has 0 bridgehead atoms. The molecule has 1 aromatic carbocycles. The van der Waals surface area contributed by atoms with Gasteiger partial charge in [0.2, 0.25) is 5.88 Å². The van der Waals surface area contributed by atoms with Crippen molar-refractivity contribution in [1.29, 1.82) is 5.26 Å². The Labute approximate surface area is 155 Å². The van der Waals surface area contributed by atoms with Crippen LogP contribution in [0, 0.1) is 25.2 Å². The summed E-state index contributed by atoms with van der Waals surface area (Å²) < 4.78 is 7.78. The zero-order valence-corrected chi connectivity index (χ0v) is 15.8. The number of benzene rings is 1. The molecule has 26 heavy (non-hydrogen) atoms. The minimum absolute atomic E-state index is 0.328. The molecule has 0 fully saturated rings. The van der Waals surface area contributed by atoms with E-state index in [2.05, 4.69) is 15.1 Å².